The van der Waals surface area contributed by atoms with Crippen LogP contribution in [-0.4, -0.2) is 17.0 Å². The molecule has 2 rings (SSSR count). The van der Waals surface area contributed by atoms with Gasteiger partial charge in [-0.3, -0.25) is 4.98 Å². The number of hydrogen-bond acceptors (Lipinski definition) is 4. The molecule has 2 aromatic rings. The molecular formula is C13H16ClN3S. The normalized spacial score (nSPS) is 11.2. The van der Waals surface area contributed by atoms with Crippen molar-refractivity contribution in [1.82, 2.24) is 15.3 Å². The molecule has 3 nitrogen and oxygen atoms in total. The molecule has 0 saturated heterocycles. The summed E-state index contributed by atoms with van der Waals surface area (Å²) in [6.07, 6.45) is 1.66. The number of rotatable bonds is 4. The molecule has 0 aliphatic rings. The van der Waals surface area contributed by atoms with Crippen molar-refractivity contribution in [3.8, 4) is 10.7 Å². The van der Waals surface area contributed by atoms with E-state index >= 15 is 0 Å². The zero-order valence-corrected chi connectivity index (χ0v) is 12.3. The molecule has 0 saturated carbocycles. The number of thiazole rings is 1. The van der Waals surface area contributed by atoms with E-state index in [-0.39, 0.29) is 0 Å². The Labute approximate surface area is 116 Å². The fraction of sp³-hybridized carbons (Fsp3) is 0.385. The number of nitrogens with one attached hydrogen (secondary N) is 1. The van der Waals surface area contributed by atoms with Crippen LogP contribution in [-0.2, 0) is 6.54 Å². The van der Waals surface area contributed by atoms with E-state index in [1.807, 2.05) is 19.2 Å². The van der Waals surface area contributed by atoms with Crippen molar-refractivity contribution in [3.63, 3.8) is 0 Å². The van der Waals surface area contributed by atoms with E-state index in [4.69, 9.17) is 16.6 Å². The first-order valence-electron chi connectivity index (χ1n) is 5.88. The predicted molar refractivity (Wildman–Crippen MR) is 77.2 cm³/mol. The molecule has 0 amide bonds. The summed E-state index contributed by atoms with van der Waals surface area (Å²) in [6.45, 7) is 5.17. The lowest BCUT2D eigenvalue weighted by Crippen LogP contribution is -2.06. The number of hydrogen-bond donors (Lipinski definition) is 1. The van der Waals surface area contributed by atoms with Crippen molar-refractivity contribution in [2.45, 2.75) is 26.3 Å². The molecule has 0 atom stereocenters. The molecule has 0 spiro atoms. The second-order valence-electron chi connectivity index (χ2n) is 4.37. The van der Waals surface area contributed by atoms with Gasteiger partial charge in [0.2, 0.25) is 0 Å². The minimum absolute atomic E-state index is 0.422. The molecular weight excluding hydrogens is 266 g/mol. The van der Waals surface area contributed by atoms with Gasteiger partial charge < -0.3 is 5.32 Å². The molecule has 5 heteroatoms. The minimum Gasteiger partial charge on any atom is -0.315 e. The number of nitrogens with zero attached hydrogens (tertiary/aromatic N) is 2. The predicted octanol–water partition coefficient (Wildman–Crippen LogP) is 3.70. The van der Waals surface area contributed by atoms with Crippen molar-refractivity contribution in [2.75, 3.05) is 7.05 Å². The quantitative estimate of drug-likeness (QED) is 0.928. The van der Waals surface area contributed by atoms with Gasteiger partial charge in [0.25, 0.3) is 0 Å². The molecule has 1 N–H and O–H groups in total. The maximum atomic E-state index is 5.85. The Morgan fingerprint density at radius 2 is 2.17 bits per heavy atom. The molecule has 2 heterocycles. The van der Waals surface area contributed by atoms with Crippen LogP contribution in [0.3, 0.4) is 0 Å². The molecule has 18 heavy (non-hydrogen) atoms. The SMILES string of the molecule is CNCc1sc(-c2ccc(Cl)cn2)nc1C(C)C. The zero-order chi connectivity index (χ0) is 13.1. The Balaban J connectivity index is 2.39. The highest BCUT2D eigenvalue weighted by molar-refractivity contribution is 7.15. The molecule has 0 radical (unpaired) electrons. The van der Waals surface area contributed by atoms with Crippen LogP contribution in [0.25, 0.3) is 10.7 Å². The van der Waals surface area contributed by atoms with Crippen LogP contribution < -0.4 is 5.32 Å². The lowest BCUT2D eigenvalue weighted by molar-refractivity contribution is 0.771. The van der Waals surface area contributed by atoms with E-state index in [9.17, 15) is 0 Å². The van der Waals surface area contributed by atoms with Crippen LogP contribution in [0, 0.1) is 0 Å². The van der Waals surface area contributed by atoms with E-state index in [0.29, 0.717) is 10.9 Å². The lowest BCUT2D eigenvalue weighted by Gasteiger charge is -2.03. The van der Waals surface area contributed by atoms with E-state index < -0.39 is 0 Å². The molecule has 2 aromatic heterocycles. The van der Waals surface area contributed by atoms with Crippen LogP contribution in [0.4, 0.5) is 0 Å². The second kappa shape index (κ2) is 5.78. The van der Waals surface area contributed by atoms with Gasteiger partial charge in [-0.25, -0.2) is 4.98 Å². The Hall–Kier alpha value is -0.970. The molecule has 0 unspecified atom stereocenters. The zero-order valence-electron chi connectivity index (χ0n) is 10.7. The van der Waals surface area contributed by atoms with E-state index in [1.54, 1.807) is 17.5 Å². The topological polar surface area (TPSA) is 37.8 Å². The molecule has 0 fully saturated rings. The largest absolute Gasteiger partial charge is 0.315 e. The van der Waals surface area contributed by atoms with Gasteiger partial charge in [-0.1, -0.05) is 25.4 Å². The van der Waals surface area contributed by atoms with E-state index in [0.717, 1.165) is 22.9 Å². The summed E-state index contributed by atoms with van der Waals surface area (Å²) in [6, 6.07) is 3.76. The van der Waals surface area contributed by atoms with Crippen LogP contribution in [0.5, 0.6) is 0 Å². The standard InChI is InChI=1S/C13H16ClN3S/c1-8(2)12-11(7-15-3)18-13(17-12)10-5-4-9(14)6-16-10/h4-6,8,15H,7H2,1-3H3. The summed E-state index contributed by atoms with van der Waals surface area (Å²) in [4.78, 5) is 10.3. The Morgan fingerprint density at radius 3 is 2.72 bits per heavy atom. The molecule has 96 valence electrons. The third kappa shape index (κ3) is 2.88. The number of pyridine rings is 1. The summed E-state index contributed by atoms with van der Waals surface area (Å²) in [5.41, 5.74) is 2.04. The van der Waals surface area contributed by atoms with Gasteiger partial charge in [-0.15, -0.1) is 11.3 Å². The van der Waals surface area contributed by atoms with Crippen molar-refractivity contribution < 1.29 is 0 Å². The van der Waals surface area contributed by atoms with Gasteiger partial charge in [-0.05, 0) is 25.1 Å². The van der Waals surface area contributed by atoms with Crippen molar-refractivity contribution in [1.29, 1.82) is 0 Å². The van der Waals surface area contributed by atoms with Crippen molar-refractivity contribution >= 4 is 22.9 Å². The van der Waals surface area contributed by atoms with Crippen LogP contribution in [0.2, 0.25) is 5.02 Å². The van der Waals surface area contributed by atoms with Gasteiger partial charge in [0, 0.05) is 17.6 Å². The van der Waals surface area contributed by atoms with Gasteiger partial charge >= 0.3 is 0 Å². The summed E-state index contributed by atoms with van der Waals surface area (Å²) in [5.74, 6) is 0.422. The van der Waals surface area contributed by atoms with Crippen LogP contribution in [0.15, 0.2) is 18.3 Å². The Bertz CT molecular complexity index is 520. The first kappa shape index (κ1) is 13.5. The van der Waals surface area contributed by atoms with Crippen LogP contribution >= 0.6 is 22.9 Å². The second-order valence-corrected chi connectivity index (χ2v) is 5.89. The first-order chi connectivity index (χ1) is 8.61. The smallest absolute Gasteiger partial charge is 0.142 e. The summed E-state index contributed by atoms with van der Waals surface area (Å²) in [7, 11) is 1.95. The third-order valence-corrected chi connectivity index (χ3v) is 3.88. The first-order valence-corrected chi connectivity index (χ1v) is 7.07. The number of halogens is 1. The summed E-state index contributed by atoms with van der Waals surface area (Å²) in [5, 5.41) is 4.79. The lowest BCUT2D eigenvalue weighted by atomic mass is 10.1. The third-order valence-electron chi connectivity index (χ3n) is 2.56. The fourth-order valence-electron chi connectivity index (χ4n) is 1.71. The Morgan fingerprint density at radius 1 is 1.39 bits per heavy atom. The molecule has 0 aromatic carbocycles. The fourth-order valence-corrected chi connectivity index (χ4v) is 3.03. The molecule has 0 aliphatic carbocycles. The number of aromatic nitrogens is 2. The Kier molecular flexibility index (Phi) is 4.32. The van der Waals surface area contributed by atoms with E-state index in [2.05, 4.69) is 24.1 Å². The monoisotopic (exact) mass is 281 g/mol. The van der Waals surface area contributed by atoms with Crippen molar-refractivity contribution in [2.24, 2.45) is 0 Å². The highest BCUT2D eigenvalue weighted by Crippen LogP contribution is 2.31. The van der Waals surface area contributed by atoms with Gasteiger partial charge in [-0.2, -0.15) is 0 Å². The average molecular weight is 282 g/mol. The molecule has 0 bridgehead atoms. The molecule has 0 aliphatic heterocycles. The van der Waals surface area contributed by atoms with Crippen molar-refractivity contribution in [3.05, 3.63) is 33.9 Å². The van der Waals surface area contributed by atoms with Gasteiger partial charge in [0.05, 0.1) is 16.4 Å². The highest BCUT2D eigenvalue weighted by atomic mass is 35.5. The maximum Gasteiger partial charge on any atom is 0.142 e. The van der Waals surface area contributed by atoms with Gasteiger partial charge in [0.1, 0.15) is 5.01 Å². The van der Waals surface area contributed by atoms with Crippen LogP contribution in [0.1, 0.15) is 30.3 Å². The maximum absolute atomic E-state index is 5.85. The van der Waals surface area contributed by atoms with E-state index in [1.165, 1.54) is 4.88 Å². The highest BCUT2D eigenvalue weighted by Gasteiger charge is 2.15. The average Bonchev–Trinajstić information content (AvgIpc) is 2.75. The summed E-state index contributed by atoms with van der Waals surface area (Å²) < 4.78 is 0. The minimum atomic E-state index is 0.422. The van der Waals surface area contributed by atoms with Gasteiger partial charge in [0.15, 0.2) is 0 Å². The summed E-state index contributed by atoms with van der Waals surface area (Å²) >= 11 is 7.54.